The molecule has 0 radical (unpaired) electrons. The summed E-state index contributed by atoms with van der Waals surface area (Å²) in [4.78, 5) is 14.3. The molecule has 0 aromatic heterocycles. The van der Waals surface area contributed by atoms with E-state index in [0.717, 1.165) is 12.8 Å². The lowest BCUT2D eigenvalue weighted by Gasteiger charge is -2.30. The largest absolute Gasteiger partial charge is 0.339 e. The van der Waals surface area contributed by atoms with Gasteiger partial charge in [0.2, 0.25) is 10.0 Å². The van der Waals surface area contributed by atoms with Gasteiger partial charge in [-0.3, -0.25) is 4.79 Å². The molecule has 0 bridgehead atoms. The second kappa shape index (κ2) is 7.60. The number of nitrogens with one attached hydrogen (secondary N) is 1. The minimum Gasteiger partial charge on any atom is -0.339 e. The van der Waals surface area contributed by atoms with E-state index < -0.39 is 10.0 Å². The molecule has 134 valence electrons. The van der Waals surface area contributed by atoms with Crippen LogP contribution in [-0.2, 0) is 10.0 Å². The van der Waals surface area contributed by atoms with Crippen molar-refractivity contribution in [2.75, 3.05) is 13.1 Å². The van der Waals surface area contributed by atoms with Crippen LogP contribution in [0.5, 0.6) is 0 Å². The SMILES string of the molecule is CC1CCN(C(=O)c2cc(S(=O)(=O)NC(C)C)c(Cl)cc2Cl)CC1. The topological polar surface area (TPSA) is 66.5 Å². The number of piperidine rings is 1. The molecule has 0 spiro atoms. The molecule has 1 N–H and O–H groups in total. The van der Waals surface area contributed by atoms with Gasteiger partial charge in [0.1, 0.15) is 4.90 Å². The van der Waals surface area contributed by atoms with Crippen LogP contribution in [-0.4, -0.2) is 38.4 Å². The average Bonchev–Trinajstić information content (AvgIpc) is 2.45. The van der Waals surface area contributed by atoms with Crippen molar-refractivity contribution in [2.45, 2.75) is 44.6 Å². The predicted molar refractivity (Wildman–Crippen MR) is 96.2 cm³/mol. The van der Waals surface area contributed by atoms with E-state index in [-0.39, 0.29) is 32.5 Å². The van der Waals surface area contributed by atoms with Gasteiger partial charge in [0.25, 0.3) is 5.91 Å². The maximum absolute atomic E-state index is 12.7. The third-order valence-electron chi connectivity index (χ3n) is 4.00. The molecule has 0 saturated carbocycles. The Morgan fingerprint density at radius 3 is 2.33 bits per heavy atom. The van der Waals surface area contributed by atoms with Crippen molar-refractivity contribution in [3.05, 3.63) is 27.7 Å². The van der Waals surface area contributed by atoms with Crippen LogP contribution in [0.2, 0.25) is 10.0 Å². The summed E-state index contributed by atoms with van der Waals surface area (Å²) < 4.78 is 27.3. The van der Waals surface area contributed by atoms with Gasteiger partial charge in [0, 0.05) is 19.1 Å². The Labute approximate surface area is 153 Å². The number of halogens is 2. The van der Waals surface area contributed by atoms with E-state index in [1.165, 1.54) is 12.1 Å². The normalized spacial score (nSPS) is 16.7. The highest BCUT2D eigenvalue weighted by atomic mass is 35.5. The maximum Gasteiger partial charge on any atom is 0.255 e. The molecule has 8 heteroatoms. The lowest BCUT2D eigenvalue weighted by atomic mass is 9.98. The highest BCUT2D eigenvalue weighted by Gasteiger charge is 2.27. The molecule has 0 unspecified atom stereocenters. The number of benzene rings is 1. The van der Waals surface area contributed by atoms with E-state index in [9.17, 15) is 13.2 Å². The van der Waals surface area contributed by atoms with Gasteiger partial charge in [-0.2, -0.15) is 0 Å². The first-order valence-electron chi connectivity index (χ1n) is 7.92. The zero-order chi connectivity index (χ0) is 18.1. The van der Waals surface area contributed by atoms with E-state index >= 15 is 0 Å². The molecular weight excluding hydrogens is 371 g/mol. The van der Waals surface area contributed by atoms with Gasteiger partial charge in [0.05, 0.1) is 15.6 Å². The Morgan fingerprint density at radius 1 is 1.21 bits per heavy atom. The molecule has 1 aliphatic rings. The fraction of sp³-hybridized carbons (Fsp3) is 0.562. The molecule has 1 aromatic rings. The van der Waals surface area contributed by atoms with Gasteiger partial charge in [-0.25, -0.2) is 13.1 Å². The Bertz CT molecular complexity index is 727. The molecule has 1 saturated heterocycles. The Hall–Kier alpha value is -0.820. The molecule has 1 aromatic carbocycles. The van der Waals surface area contributed by atoms with Crippen molar-refractivity contribution >= 4 is 39.1 Å². The summed E-state index contributed by atoms with van der Waals surface area (Å²) in [5.41, 5.74) is 0.166. The summed E-state index contributed by atoms with van der Waals surface area (Å²) in [7, 11) is -3.81. The zero-order valence-corrected chi connectivity index (χ0v) is 16.3. The van der Waals surface area contributed by atoms with Gasteiger partial charge in [-0.15, -0.1) is 0 Å². The summed E-state index contributed by atoms with van der Waals surface area (Å²) >= 11 is 12.2. The number of carbonyl (C=O) groups excluding carboxylic acids is 1. The molecule has 24 heavy (non-hydrogen) atoms. The number of rotatable bonds is 4. The van der Waals surface area contributed by atoms with Crippen LogP contribution in [0.1, 0.15) is 44.0 Å². The Morgan fingerprint density at radius 2 is 1.79 bits per heavy atom. The number of nitrogens with zero attached hydrogens (tertiary/aromatic N) is 1. The Kier molecular flexibility index (Phi) is 6.18. The van der Waals surface area contributed by atoms with Gasteiger partial charge in [0.15, 0.2) is 0 Å². The maximum atomic E-state index is 12.7. The van der Waals surface area contributed by atoms with Crippen LogP contribution in [0.3, 0.4) is 0 Å². The third-order valence-corrected chi connectivity index (χ3v) is 6.44. The van der Waals surface area contributed by atoms with Crippen molar-refractivity contribution in [3.63, 3.8) is 0 Å². The summed E-state index contributed by atoms with van der Waals surface area (Å²) in [5, 5.41) is 0.157. The monoisotopic (exact) mass is 392 g/mol. The smallest absolute Gasteiger partial charge is 0.255 e. The van der Waals surface area contributed by atoms with Gasteiger partial charge >= 0.3 is 0 Å². The minimum absolute atomic E-state index is 0.00281. The second-order valence-corrected chi connectivity index (χ2v) is 9.01. The summed E-state index contributed by atoms with van der Waals surface area (Å²) in [6.07, 6.45) is 1.86. The molecule has 0 aliphatic carbocycles. The van der Waals surface area contributed by atoms with Crippen LogP contribution >= 0.6 is 23.2 Å². The fourth-order valence-electron chi connectivity index (χ4n) is 2.65. The minimum atomic E-state index is -3.81. The van der Waals surface area contributed by atoms with Crippen LogP contribution in [0, 0.1) is 5.92 Å². The van der Waals surface area contributed by atoms with Crippen molar-refractivity contribution < 1.29 is 13.2 Å². The first-order chi connectivity index (χ1) is 11.1. The quantitative estimate of drug-likeness (QED) is 0.851. The first kappa shape index (κ1) is 19.5. The number of amides is 1. The van der Waals surface area contributed by atoms with Gasteiger partial charge in [-0.1, -0.05) is 30.1 Å². The van der Waals surface area contributed by atoms with Crippen LogP contribution in [0.4, 0.5) is 0 Å². The van der Waals surface area contributed by atoms with Crippen molar-refractivity contribution in [2.24, 2.45) is 5.92 Å². The first-order valence-corrected chi connectivity index (χ1v) is 10.2. The zero-order valence-electron chi connectivity index (χ0n) is 14.0. The van der Waals surface area contributed by atoms with E-state index in [2.05, 4.69) is 11.6 Å². The molecule has 1 amide bonds. The molecular formula is C16H22Cl2N2O3S. The molecule has 5 nitrogen and oxygen atoms in total. The van der Waals surface area contributed by atoms with E-state index in [1.54, 1.807) is 18.7 Å². The molecule has 1 heterocycles. The predicted octanol–water partition coefficient (Wildman–Crippen LogP) is 3.55. The van der Waals surface area contributed by atoms with E-state index in [1.807, 2.05) is 0 Å². The summed E-state index contributed by atoms with van der Waals surface area (Å²) in [5.74, 6) is 0.325. The lowest BCUT2D eigenvalue weighted by Crippen LogP contribution is -2.38. The Balaban J connectivity index is 2.38. The van der Waals surface area contributed by atoms with E-state index in [4.69, 9.17) is 23.2 Å². The lowest BCUT2D eigenvalue weighted by molar-refractivity contribution is 0.0697. The highest BCUT2D eigenvalue weighted by Crippen LogP contribution is 2.30. The number of carbonyl (C=O) groups is 1. The van der Waals surface area contributed by atoms with Crippen molar-refractivity contribution in [1.82, 2.24) is 9.62 Å². The summed E-state index contributed by atoms with van der Waals surface area (Å²) in [6, 6.07) is 2.30. The van der Waals surface area contributed by atoms with Crippen LogP contribution in [0.15, 0.2) is 17.0 Å². The van der Waals surface area contributed by atoms with Crippen molar-refractivity contribution in [1.29, 1.82) is 0 Å². The van der Waals surface area contributed by atoms with Gasteiger partial charge < -0.3 is 4.90 Å². The van der Waals surface area contributed by atoms with Crippen molar-refractivity contribution in [3.8, 4) is 0 Å². The van der Waals surface area contributed by atoms with Crippen LogP contribution in [0.25, 0.3) is 0 Å². The fourth-order valence-corrected chi connectivity index (χ4v) is 4.76. The molecule has 0 atom stereocenters. The van der Waals surface area contributed by atoms with Crippen LogP contribution < -0.4 is 4.72 Å². The number of likely N-dealkylation sites (tertiary alicyclic amines) is 1. The average molecular weight is 393 g/mol. The summed E-state index contributed by atoms with van der Waals surface area (Å²) in [6.45, 7) is 6.86. The highest BCUT2D eigenvalue weighted by molar-refractivity contribution is 7.89. The number of hydrogen-bond donors (Lipinski definition) is 1. The molecule has 1 aliphatic heterocycles. The second-order valence-electron chi connectivity index (χ2n) is 6.51. The number of sulfonamides is 1. The van der Waals surface area contributed by atoms with Gasteiger partial charge in [-0.05, 0) is 44.7 Å². The van der Waals surface area contributed by atoms with E-state index in [0.29, 0.717) is 19.0 Å². The standard InChI is InChI=1S/C16H22Cl2N2O3S/c1-10(2)19-24(22,23)15-8-12(13(17)9-14(15)18)16(21)20-6-4-11(3)5-7-20/h8-11,19H,4-7H2,1-3H3. The molecule has 1 fully saturated rings. The number of hydrogen-bond acceptors (Lipinski definition) is 3. The molecule has 2 rings (SSSR count). The third kappa shape index (κ3) is 4.42.